The van der Waals surface area contributed by atoms with Crippen molar-refractivity contribution in [1.29, 1.82) is 0 Å². The first kappa shape index (κ1) is 17.4. The van der Waals surface area contributed by atoms with Gasteiger partial charge in [-0.05, 0) is 80.6 Å². The van der Waals surface area contributed by atoms with E-state index in [4.69, 9.17) is 4.74 Å². The third-order valence-electron chi connectivity index (χ3n) is 6.82. The zero-order chi connectivity index (χ0) is 16.4. The molecule has 1 aliphatic heterocycles. The average molecular weight is 326 g/mol. The molecule has 1 heterocycles. The summed E-state index contributed by atoms with van der Waals surface area (Å²) >= 11 is 0. The molecule has 2 saturated carbocycles. The van der Waals surface area contributed by atoms with E-state index in [1.807, 2.05) is 0 Å². The summed E-state index contributed by atoms with van der Waals surface area (Å²) in [7, 11) is 0. The smallest absolute Gasteiger partial charge is 0.124 e. The SMILES string of the molecule is C=C1C(F)CC(C2CCC(C3CCC(CC)CO3)CC2)CC1F. The Balaban J connectivity index is 1.46. The van der Waals surface area contributed by atoms with Crippen molar-refractivity contribution in [1.82, 2.24) is 0 Å². The Bertz CT molecular complexity index is 380. The zero-order valence-corrected chi connectivity index (χ0v) is 14.5. The second-order valence-electron chi connectivity index (χ2n) is 8.14. The van der Waals surface area contributed by atoms with E-state index in [0.717, 1.165) is 25.4 Å². The molecule has 3 heteroatoms. The summed E-state index contributed by atoms with van der Waals surface area (Å²) in [6.07, 6.45) is 7.50. The summed E-state index contributed by atoms with van der Waals surface area (Å²) in [5.41, 5.74) is 0.177. The van der Waals surface area contributed by atoms with Gasteiger partial charge in [-0.3, -0.25) is 0 Å². The molecule has 0 aromatic rings. The summed E-state index contributed by atoms with van der Waals surface area (Å²) in [6, 6.07) is 0. The van der Waals surface area contributed by atoms with E-state index >= 15 is 0 Å². The van der Waals surface area contributed by atoms with Crippen LogP contribution in [0.3, 0.4) is 0 Å². The molecule has 132 valence electrons. The molecule has 3 aliphatic rings. The minimum Gasteiger partial charge on any atom is -0.378 e. The monoisotopic (exact) mass is 326 g/mol. The summed E-state index contributed by atoms with van der Waals surface area (Å²) in [5, 5.41) is 0. The third kappa shape index (κ3) is 3.97. The van der Waals surface area contributed by atoms with Gasteiger partial charge in [-0.25, -0.2) is 8.78 Å². The Morgan fingerprint density at radius 3 is 2.04 bits per heavy atom. The number of alkyl halides is 2. The molecular formula is C20H32F2O. The van der Waals surface area contributed by atoms with Crippen LogP contribution in [0.15, 0.2) is 12.2 Å². The number of hydrogen-bond acceptors (Lipinski definition) is 1. The van der Waals surface area contributed by atoms with E-state index in [1.165, 1.54) is 32.1 Å². The molecule has 4 unspecified atom stereocenters. The molecular weight excluding hydrogens is 294 g/mol. The van der Waals surface area contributed by atoms with Crippen molar-refractivity contribution >= 4 is 0 Å². The van der Waals surface area contributed by atoms with Gasteiger partial charge in [0.2, 0.25) is 0 Å². The number of rotatable bonds is 3. The van der Waals surface area contributed by atoms with Gasteiger partial charge in [0.05, 0.1) is 6.10 Å². The molecule has 0 radical (unpaired) electrons. The third-order valence-corrected chi connectivity index (χ3v) is 6.82. The van der Waals surface area contributed by atoms with Crippen LogP contribution in [0.4, 0.5) is 8.78 Å². The Hall–Kier alpha value is -0.440. The van der Waals surface area contributed by atoms with Crippen LogP contribution in [-0.2, 0) is 4.74 Å². The van der Waals surface area contributed by atoms with Gasteiger partial charge < -0.3 is 4.74 Å². The van der Waals surface area contributed by atoms with Gasteiger partial charge in [0.1, 0.15) is 12.3 Å². The molecule has 3 fully saturated rings. The Morgan fingerprint density at radius 1 is 0.913 bits per heavy atom. The van der Waals surface area contributed by atoms with E-state index in [1.54, 1.807) is 0 Å². The van der Waals surface area contributed by atoms with E-state index < -0.39 is 12.3 Å². The first-order valence-corrected chi connectivity index (χ1v) is 9.66. The molecule has 0 spiro atoms. The second-order valence-corrected chi connectivity index (χ2v) is 8.14. The molecule has 1 nitrogen and oxygen atoms in total. The molecule has 0 amide bonds. The van der Waals surface area contributed by atoms with Crippen molar-refractivity contribution in [2.24, 2.45) is 23.7 Å². The van der Waals surface area contributed by atoms with Crippen molar-refractivity contribution < 1.29 is 13.5 Å². The average Bonchev–Trinajstić information content (AvgIpc) is 2.59. The van der Waals surface area contributed by atoms with E-state index in [0.29, 0.717) is 30.8 Å². The number of allylic oxidation sites excluding steroid dienone is 1. The van der Waals surface area contributed by atoms with Crippen molar-refractivity contribution in [3.8, 4) is 0 Å². The van der Waals surface area contributed by atoms with Crippen LogP contribution in [0, 0.1) is 23.7 Å². The number of ether oxygens (including phenoxy) is 1. The highest BCUT2D eigenvalue weighted by Gasteiger charge is 2.39. The van der Waals surface area contributed by atoms with Crippen molar-refractivity contribution in [2.75, 3.05) is 6.61 Å². The van der Waals surface area contributed by atoms with Crippen LogP contribution in [0.1, 0.15) is 64.7 Å². The van der Waals surface area contributed by atoms with Crippen LogP contribution in [0.5, 0.6) is 0 Å². The summed E-state index contributed by atoms with van der Waals surface area (Å²) < 4.78 is 33.9. The maximum atomic E-state index is 13.9. The van der Waals surface area contributed by atoms with Gasteiger partial charge in [-0.1, -0.05) is 19.9 Å². The van der Waals surface area contributed by atoms with Crippen LogP contribution >= 0.6 is 0 Å². The molecule has 0 aromatic carbocycles. The minimum absolute atomic E-state index is 0.177. The molecule has 2 aliphatic carbocycles. The molecule has 1 saturated heterocycles. The Kier molecular flexibility index (Phi) is 5.77. The fraction of sp³-hybridized carbons (Fsp3) is 0.900. The zero-order valence-electron chi connectivity index (χ0n) is 14.5. The standard InChI is InChI=1S/C20H32F2O/c1-3-14-4-9-20(23-12-14)16-7-5-15(6-8-16)17-10-18(21)13(2)19(22)11-17/h14-20H,2-12H2,1H3. The maximum absolute atomic E-state index is 13.9. The quantitative estimate of drug-likeness (QED) is 0.610. The van der Waals surface area contributed by atoms with Gasteiger partial charge in [-0.15, -0.1) is 0 Å². The van der Waals surface area contributed by atoms with Crippen LogP contribution in [-0.4, -0.2) is 25.1 Å². The van der Waals surface area contributed by atoms with E-state index in [2.05, 4.69) is 13.5 Å². The molecule has 0 bridgehead atoms. The molecule has 3 rings (SSSR count). The maximum Gasteiger partial charge on any atom is 0.124 e. The summed E-state index contributed by atoms with van der Waals surface area (Å²) in [6.45, 7) is 6.75. The van der Waals surface area contributed by atoms with Gasteiger partial charge in [0.15, 0.2) is 0 Å². The highest BCUT2D eigenvalue weighted by atomic mass is 19.1. The summed E-state index contributed by atoms with van der Waals surface area (Å²) in [5.74, 6) is 2.14. The normalized spacial score (nSPS) is 45.9. The van der Waals surface area contributed by atoms with Crippen molar-refractivity contribution in [2.45, 2.75) is 83.2 Å². The van der Waals surface area contributed by atoms with Crippen LogP contribution < -0.4 is 0 Å². The summed E-state index contributed by atoms with van der Waals surface area (Å²) in [4.78, 5) is 0. The van der Waals surface area contributed by atoms with Gasteiger partial charge in [-0.2, -0.15) is 0 Å². The lowest BCUT2D eigenvalue weighted by molar-refractivity contribution is -0.0613. The highest BCUT2D eigenvalue weighted by molar-refractivity contribution is 5.13. The topological polar surface area (TPSA) is 9.23 Å². The van der Waals surface area contributed by atoms with Crippen molar-refractivity contribution in [3.63, 3.8) is 0 Å². The number of hydrogen-bond donors (Lipinski definition) is 0. The molecule has 0 aromatic heterocycles. The van der Waals surface area contributed by atoms with E-state index in [9.17, 15) is 8.78 Å². The van der Waals surface area contributed by atoms with Gasteiger partial charge in [0.25, 0.3) is 0 Å². The molecule has 4 atom stereocenters. The van der Waals surface area contributed by atoms with Crippen molar-refractivity contribution in [3.05, 3.63) is 12.2 Å². The fourth-order valence-electron chi connectivity index (χ4n) is 5.02. The lowest BCUT2D eigenvalue weighted by Gasteiger charge is -2.41. The Labute approximate surface area is 139 Å². The predicted octanol–water partition coefficient (Wildman–Crippen LogP) is 5.64. The molecule has 23 heavy (non-hydrogen) atoms. The van der Waals surface area contributed by atoms with Crippen LogP contribution in [0.2, 0.25) is 0 Å². The van der Waals surface area contributed by atoms with E-state index in [-0.39, 0.29) is 11.5 Å². The predicted molar refractivity (Wildman–Crippen MR) is 89.9 cm³/mol. The molecule has 0 N–H and O–H groups in total. The highest BCUT2D eigenvalue weighted by Crippen LogP contribution is 2.44. The largest absolute Gasteiger partial charge is 0.378 e. The second kappa shape index (κ2) is 7.63. The first-order chi connectivity index (χ1) is 11.1. The lowest BCUT2D eigenvalue weighted by Crippen LogP contribution is -2.37. The lowest BCUT2D eigenvalue weighted by atomic mass is 9.68. The van der Waals surface area contributed by atoms with Crippen LogP contribution in [0.25, 0.3) is 0 Å². The first-order valence-electron chi connectivity index (χ1n) is 9.66. The fourth-order valence-corrected chi connectivity index (χ4v) is 5.02. The number of halogens is 2. The minimum atomic E-state index is -1.13. The Morgan fingerprint density at radius 2 is 1.52 bits per heavy atom. The van der Waals surface area contributed by atoms with Gasteiger partial charge >= 0.3 is 0 Å². The van der Waals surface area contributed by atoms with Gasteiger partial charge in [0, 0.05) is 6.61 Å².